The lowest BCUT2D eigenvalue weighted by Crippen LogP contribution is -2.20. The zero-order chi connectivity index (χ0) is 21.2. The van der Waals surface area contributed by atoms with Crippen LogP contribution >= 0.6 is 0 Å². The van der Waals surface area contributed by atoms with Gasteiger partial charge in [0.15, 0.2) is 5.83 Å². The lowest BCUT2D eigenvalue weighted by molar-refractivity contribution is 0.371. The summed E-state index contributed by atoms with van der Waals surface area (Å²) < 4.78 is 19.7. The van der Waals surface area contributed by atoms with E-state index < -0.39 is 5.83 Å². The van der Waals surface area contributed by atoms with Crippen LogP contribution in [0.25, 0.3) is 0 Å². The highest BCUT2D eigenvalue weighted by Gasteiger charge is 2.14. The Morgan fingerprint density at radius 2 is 1.79 bits per heavy atom. The molecule has 0 aromatic heterocycles. The van der Waals surface area contributed by atoms with Crippen molar-refractivity contribution in [2.24, 2.45) is 0 Å². The molecular weight excluding hydrogens is 367 g/mol. The first-order chi connectivity index (χ1) is 14.0. The number of benzene rings is 2. The van der Waals surface area contributed by atoms with Gasteiger partial charge in [-0.15, -0.1) is 0 Å². The van der Waals surface area contributed by atoms with E-state index in [0.29, 0.717) is 25.0 Å². The largest absolute Gasteiger partial charge is 0.512 e. The van der Waals surface area contributed by atoms with Crippen LogP contribution in [0.5, 0.6) is 5.75 Å². The number of hydrogen-bond donors (Lipinski definition) is 1. The molecule has 0 saturated heterocycles. The molecule has 0 aliphatic carbocycles. The summed E-state index contributed by atoms with van der Waals surface area (Å²) in [4.78, 5) is 3.52. The Hall–Kier alpha value is -3.47. The third-order valence-corrected chi connectivity index (χ3v) is 4.41. The van der Waals surface area contributed by atoms with E-state index in [-0.39, 0.29) is 5.70 Å². The predicted octanol–water partition coefficient (Wildman–Crippen LogP) is 5.54. The van der Waals surface area contributed by atoms with E-state index in [2.05, 4.69) is 13.2 Å². The van der Waals surface area contributed by atoms with Gasteiger partial charge in [0.25, 0.3) is 0 Å². The number of methoxy groups -OCH3 is 1. The average molecular weight is 394 g/mol. The van der Waals surface area contributed by atoms with E-state index in [9.17, 15) is 9.50 Å². The number of rotatable bonds is 10. The van der Waals surface area contributed by atoms with Crippen molar-refractivity contribution >= 4 is 0 Å². The SMILES string of the molecule is C=CN(Cc1ccccc1)C(=C)/C=C(\C(F)=C/O)N(C)Cc1cccc(OC)c1. The second kappa shape index (κ2) is 10.8. The van der Waals surface area contributed by atoms with Crippen molar-refractivity contribution in [1.29, 1.82) is 0 Å². The number of aliphatic hydroxyl groups is 1. The number of hydrogen-bond acceptors (Lipinski definition) is 4. The fourth-order valence-corrected chi connectivity index (χ4v) is 2.86. The summed E-state index contributed by atoms with van der Waals surface area (Å²) in [6.07, 6.45) is 3.69. The third-order valence-electron chi connectivity index (χ3n) is 4.41. The lowest BCUT2D eigenvalue weighted by atomic mass is 10.1. The van der Waals surface area contributed by atoms with Gasteiger partial charge in [-0.2, -0.15) is 0 Å². The van der Waals surface area contributed by atoms with Crippen LogP contribution in [-0.4, -0.2) is 29.1 Å². The standard InChI is InChI=1S/C24H27FN2O2/c1-5-27(17-20-10-7-6-8-11-20)19(2)14-24(23(25)18-28)26(3)16-21-12-9-13-22(15-21)29-4/h5-15,18,28H,1-2,16-17H2,3-4H3/b23-18+,24-14+. The van der Waals surface area contributed by atoms with E-state index in [1.807, 2.05) is 59.5 Å². The van der Waals surface area contributed by atoms with Gasteiger partial charge in [-0.1, -0.05) is 55.6 Å². The molecule has 0 saturated carbocycles. The molecule has 2 aromatic carbocycles. The van der Waals surface area contributed by atoms with Crippen molar-refractivity contribution in [3.8, 4) is 5.75 Å². The Bertz CT molecular complexity index is 891. The Labute approximate surface area is 172 Å². The molecule has 0 spiro atoms. The second-order valence-electron chi connectivity index (χ2n) is 6.50. The van der Waals surface area contributed by atoms with Gasteiger partial charge in [-0.3, -0.25) is 0 Å². The highest BCUT2D eigenvalue weighted by Crippen LogP contribution is 2.23. The van der Waals surface area contributed by atoms with E-state index in [0.717, 1.165) is 16.9 Å². The van der Waals surface area contributed by atoms with E-state index in [1.165, 1.54) is 0 Å². The van der Waals surface area contributed by atoms with Gasteiger partial charge in [-0.25, -0.2) is 4.39 Å². The maximum atomic E-state index is 14.4. The van der Waals surface area contributed by atoms with Crippen LogP contribution in [0.1, 0.15) is 11.1 Å². The van der Waals surface area contributed by atoms with Crippen molar-refractivity contribution in [2.45, 2.75) is 13.1 Å². The minimum Gasteiger partial charge on any atom is -0.512 e. The quantitative estimate of drug-likeness (QED) is 0.424. The van der Waals surface area contributed by atoms with Crippen molar-refractivity contribution in [3.63, 3.8) is 0 Å². The van der Waals surface area contributed by atoms with Crippen LogP contribution in [-0.2, 0) is 13.1 Å². The average Bonchev–Trinajstić information content (AvgIpc) is 2.75. The summed E-state index contributed by atoms with van der Waals surface area (Å²) in [5.74, 6) is -0.0232. The Morgan fingerprint density at radius 3 is 2.41 bits per heavy atom. The van der Waals surface area contributed by atoms with Gasteiger partial charge >= 0.3 is 0 Å². The molecule has 0 unspecified atom stereocenters. The minimum absolute atomic E-state index is 0.209. The highest BCUT2D eigenvalue weighted by atomic mass is 19.1. The normalized spacial score (nSPS) is 11.7. The summed E-state index contributed by atoms with van der Waals surface area (Å²) in [5, 5.41) is 9.26. The summed E-state index contributed by atoms with van der Waals surface area (Å²) in [5.41, 5.74) is 2.78. The molecule has 0 bridgehead atoms. The maximum Gasteiger partial charge on any atom is 0.180 e. The number of allylic oxidation sites excluding steroid dienone is 2. The van der Waals surface area contributed by atoms with E-state index in [4.69, 9.17) is 4.74 Å². The van der Waals surface area contributed by atoms with Gasteiger partial charge < -0.3 is 19.6 Å². The van der Waals surface area contributed by atoms with E-state index in [1.54, 1.807) is 31.3 Å². The fraction of sp³-hybridized carbons (Fsp3) is 0.167. The first kappa shape index (κ1) is 21.8. The lowest BCUT2D eigenvalue weighted by Gasteiger charge is -2.25. The molecule has 0 heterocycles. The molecule has 0 amide bonds. The molecule has 2 rings (SSSR count). The Balaban J connectivity index is 2.23. The van der Waals surface area contributed by atoms with Crippen molar-refractivity contribution in [3.05, 3.63) is 115 Å². The van der Waals surface area contributed by atoms with Gasteiger partial charge in [0.2, 0.25) is 0 Å². The van der Waals surface area contributed by atoms with E-state index >= 15 is 0 Å². The molecule has 0 aliphatic rings. The summed E-state index contributed by atoms with van der Waals surface area (Å²) >= 11 is 0. The molecule has 4 nitrogen and oxygen atoms in total. The molecule has 5 heteroatoms. The van der Waals surface area contributed by atoms with Crippen LogP contribution in [0.2, 0.25) is 0 Å². The molecule has 0 fully saturated rings. The molecular formula is C24H27FN2O2. The number of likely N-dealkylation sites (N-methyl/N-ethyl adjacent to an activating group) is 1. The second-order valence-corrected chi connectivity index (χ2v) is 6.50. The van der Waals surface area contributed by atoms with Gasteiger partial charge in [0, 0.05) is 25.8 Å². The molecule has 2 aromatic rings. The highest BCUT2D eigenvalue weighted by molar-refractivity contribution is 5.33. The van der Waals surface area contributed by atoms with Crippen LogP contribution in [0.4, 0.5) is 4.39 Å². The van der Waals surface area contributed by atoms with Gasteiger partial charge in [0.05, 0.1) is 12.8 Å². The monoisotopic (exact) mass is 394 g/mol. The zero-order valence-corrected chi connectivity index (χ0v) is 16.9. The van der Waals surface area contributed by atoms with Crippen molar-refractivity contribution in [2.75, 3.05) is 14.2 Å². The van der Waals surface area contributed by atoms with Crippen molar-refractivity contribution in [1.82, 2.24) is 9.80 Å². The molecule has 1 N–H and O–H groups in total. The number of nitrogens with zero attached hydrogens (tertiary/aromatic N) is 2. The maximum absolute atomic E-state index is 14.4. The van der Waals surface area contributed by atoms with Crippen LogP contribution in [0.3, 0.4) is 0 Å². The van der Waals surface area contributed by atoms with Crippen molar-refractivity contribution < 1.29 is 14.2 Å². The topological polar surface area (TPSA) is 35.9 Å². The predicted molar refractivity (Wildman–Crippen MR) is 116 cm³/mol. The molecule has 0 radical (unpaired) electrons. The van der Waals surface area contributed by atoms with Gasteiger partial charge in [0.1, 0.15) is 12.0 Å². The molecule has 0 atom stereocenters. The van der Waals surface area contributed by atoms with Crippen LogP contribution in [0, 0.1) is 0 Å². The number of aliphatic hydroxyl groups excluding tert-OH is 1. The smallest absolute Gasteiger partial charge is 0.180 e. The Kier molecular flexibility index (Phi) is 8.10. The number of halogens is 1. The zero-order valence-electron chi connectivity index (χ0n) is 16.9. The summed E-state index contributed by atoms with van der Waals surface area (Å²) in [6, 6.07) is 17.4. The number of ether oxygens (including phenoxy) is 1. The third kappa shape index (κ3) is 6.28. The first-order valence-corrected chi connectivity index (χ1v) is 9.16. The summed E-state index contributed by atoms with van der Waals surface area (Å²) in [6.45, 7) is 8.86. The Morgan fingerprint density at radius 1 is 1.10 bits per heavy atom. The van der Waals surface area contributed by atoms with Crippen LogP contribution in [0.15, 0.2) is 104 Å². The molecule has 152 valence electrons. The first-order valence-electron chi connectivity index (χ1n) is 9.16. The van der Waals surface area contributed by atoms with Gasteiger partial charge in [-0.05, 0) is 35.5 Å². The molecule has 0 aliphatic heterocycles. The van der Waals surface area contributed by atoms with Crippen LogP contribution < -0.4 is 4.74 Å². The minimum atomic E-state index is -0.750. The molecule has 29 heavy (non-hydrogen) atoms. The fourth-order valence-electron chi connectivity index (χ4n) is 2.86. The summed E-state index contributed by atoms with van der Waals surface area (Å²) in [7, 11) is 3.35.